The Morgan fingerprint density at radius 2 is 2.30 bits per heavy atom. The lowest BCUT2D eigenvalue weighted by Gasteiger charge is -2.06. The average molecular weight is 148 g/mol. The van der Waals surface area contributed by atoms with E-state index in [9.17, 15) is 9.59 Å². The van der Waals surface area contributed by atoms with Crippen molar-refractivity contribution in [2.24, 2.45) is 0 Å². The number of rotatable bonds is 4. The van der Waals surface area contributed by atoms with E-state index in [0.717, 1.165) is 0 Å². The van der Waals surface area contributed by atoms with E-state index in [1.54, 1.807) is 0 Å². The van der Waals surface area contributed by atoms with E-state index in [4.69, 9.17) is 11.6 Å². The fourth-order valence-corrected chi connectivity index (χ4v) is 0.421. The molecule has 0 saturated heterocycles. The summed E-state index contributed by atoms with van der Waals surface area (Å²) in [5.41, 5.74) is 0. The molecule has 0 unspecified atom stereocenters. The third kappa shape index (κ3) is 3.03. The molecule has 3 N–H and O–H groups in total. The van der Waals surface area contributed by atoms with Crippen LogP contribution in [0.5, 0.6) is 0 Å². The molecule has 5 nitrogen and oxygen atoms in total. The van der Waals surface area contributed by atoms with E-state index in [1.165, 1.54) is 0 Å². The van der Waals surface area contributed by atoms with E-state index in [0.29, 0.717) is 0 Å². The van der Waals surface area contributed by atoms with Gasteiger partial charge >= 0.3 is 11.9 Å². The molecule has 0 fully saturated rings. The van der Waals surface area contributed by atoms with Crippen LogP contribution in [0.1, 0.15) is 7.79 Å². The number of carbonyl (C=O) groups is 2. The zero-order valence-corrected chi connectivity index (χ0v) is 5.20. The van der Waals surface area contributed by atoms with Crippen molar-refractivity contribution in [1.29, 1.82) is 0 Å². The van der Waals surface area contributed by atoms with Gasteiger partial charge in [0.1, 0.15) is 6.04 Å². The monoisotopic (exact) mass is 148 g/mol. The first kappa shape index (κ1) is 7.01. The molecule has 0 radical (unpaired) electrons. The number of nitrogens with one attached hydrogen (secondary N) is 1. The van der Waals surface area contributed by atoms with Gasteiger partial charge in [0, 0.05) is 1.37 Å². The predicted molar refractivity (Wildman–Crippen MR) is 32.7 cm³/mol. The lowest BCUT2D eigenvalue weighted by molar-refractivity contribution is -0.145. The predicted octanol–water partition coefficient (Wildman–Crippen LogP) is -0.866. The quantitative estimate of drug-likeness (QED) is 0.482. The molecule has 1 atom stereocenters. The summed E-state index contributed by atoms with van der Waals surface area (Å²) in [7, 11) is -0.301. The zero-order valence-electron chi connectivity index (χ0n) is 6.20. The van der Waals surface area contributed by atoms with Gasteiger partial charge in [-0.1, -0.05) is 0 Å². The van der Waals surface area contributed by atoms with Crippen LogP contribution < -0.4 is 5.32 Å². The minimum Gasteiger partial charge on any atom is -0.481 e. The molecule has 0 aromatic heterocycles. The molecule has 0 heterocycles. The molecule has 0 saturated carbocycles. The van der Waals surface area contributed by atoms with Gasteiger partial charge in [0.25, 0.3) is 0 Å². The van der Waals surface area contributed by atoms with Crippen LogP contribution in [0.25, 0.3) is 0 Å². The third-order valence-electron chi connectivity index (χ3n) is 0.923. The number of likely N-dealkylation sites (N-methyl/N-ethyl adjacent to an activating group) is 1. The van der Waals surface area contributed by atoms with Crippen molar-refractivity contribution in [2.75, 3.05) is 7.02 Å². The van der Waals surface area contributed by atoms with Gasteiger partial charge in [-0.2, -0.15) is 0 Å². The van der Waals surface area contributed by atoms with E-state index in [1.807, 2.05) is 0 Å². The molecule has 0 aliphatic rings. The Hall–Kier alpha value is -1.10. The maximum atomic E-state index is 10.2. The average Bonchev–Trinajstić information content (AvgIpc) is 1.86. The summed E-state index contributed by atoms with van der Waals surface area (Å²) >= 11 is 0. The van der Waals surface area contributed by atoms with Gasteiger partial charge in [-0.25, -0.2) is 0 Å². The third-order valence-corrected chi connectivity index (χ3v) is 0.923. The van der Waals surface area contributed by atoms with E-state index in [-0.39, 0.29) is 7.02 Å². The summed E-state index contributed by atoms with van der Waals surface area (Å²) in [6, 6.07) is -1.16. The van der Waals surface area contributed by atoms with Crippen molar-refractivity contribution in [1.82, 2.24) is 5.32 Å². The maximum absolute atomic E-state index is 10.2. The Morgan fingerprint density at radius 1 is 1.70 bits per heavy atom. The van der Waals surface area contributed by atoms with Crippen LogP contribution in [-0.4, -0.2) is 35.2 Å². The first-order valence-corrected chi connectivity index (χ1v) is 2.55. The molecule has 58 valence electrons. The van der Waals surface area contributed by atoms with Crippen molar-refractivity contribution in [2.45, 2.75) is 12.5 Å². The lowest BCUT2D eigenvalue weighted by atomic mass is 10.2. The first-order chi connectivity index (χ1) is 5.07. The van der Waals surface area contributed by atoms with Crippen LogP contribution in [0, 0.1) is 0 Å². The minimum absolute atomic E-state index is 0.301. The second-order valence-electron chi connectivity index (χ2n) is 1.69. The number of carboxylic acid groups (broad SMARTS) is 2. The highest BCUT2D eigenvalue weighted by molar-refractivity contribution is 5.80. The molecular weight excluding hydrogens is 138 g/mol. The Morgan fingerprint density at radius 3 is 2.60 bits per heavy atom. The summed E-state index contributed by atoms with van der Waals surface area (Å²) in [4.78, 5) is 20.2. The van der Waals surface area contributed by atoms with Gasteiger partial charge in [-0.3, -0.25) is 9.59 Å². The van der Waals surface area contributed by atoms with Gasteiger partial charge in [0.2, 0.25) is 0 Å². The van der Waals surface area contributed by atoms with Crippen molar-refractivity contribution in [3.8, 4) is 0 Å². The highest BCUT2D eigenvalue weighted by Crippen LogP contribution is 1.89. The molecule has 0 amide bonds. The maximum Gasteiger partial charge on any atom is 0.321 e. The number of hydrogen-bond donors (Lipinski definition) is 3. The fraction of sp³-hybridized carbons (Fsp3) is 0.600. The van der Waals surface area contributed by atoms with Gasteiger partial charge in [-0.05, 0) is 7.02 Å². The molecule has 5 heteroatoms. The second kappa shape index (κ2) is 3.84. The van der Waals surface area contributed by atoms with E-state index < -0.39 is 24.4 Å². The van der Waals surface area contributed by atoms with Gasteiger partial charge in [0.05, 0.1) is 6.42 Å². The molecular formula is C5H9NO4. The Kier molecular flexibility index (Phi) is 2.69. The Labute approximate surface area is 59.1 Å². The molecule has 0 aromatic carbocycles. The molecule has 10 heavy (non-hydrogen) atoms. The SMILES string of the molecule is [2H]CN[C@@H](CC(=O)O)C(=O)O. The normalized spacial score (nSPS) is 13.8. The molecule has 0 rings (SSSR count). The summed E-state index contributed by atoms with van der Waals surface area (Å²) < 4.78 is 6.60. The Balaban J connectivity index is 3.89. The standard InChI is InChI=1S/C5H9NO4/c1-6-3(5(9)10)2-4(7)8/h3,6H,2H2,1H3,(H,7,8)(H,9,10)/t3-/m0/s1/i1D. The summed E-state index contributed by atoms with van der Waals surface area (Å²) in [6.45, 7) is 0. The van der Waals surface area contributed by atoms with Crippen LogP contribution in [0.15, 0.2) is 0 Å². The van der Waals surface area contributed by atoms with Crippen molar-refractivity contribution >= 4 is 11.9 Å². The molecule has 0 aliphatic heterocycles. The number of carboxylic acids is 2. The molecule has 0 spiro atoms. The van der Waals surface area contributed by atoms with Crippen molar-refractivity contribution < 1.29 is 21.2 Å². The van der Waals surface area contributed by atoms with Crippen LogP contribution >= 0.6 is 0 Å². The fourth-order valence-electron chi connectivity index (χ4n) is 0.421. The molecule has 0 bridgehead atoms. The summed E-state index contributed by atoms with van der Waals surface area (Å²) in [6.07, 6.45) is -0.506. The number of aliphatic carboxylic acids is 2. The molecule has 0 aliphatic carbocycles. The van der Waals surface area contributed by atoms with Crippen molar-refractivity contribution in [3.63, 3.8) is 0 Å². The second-order valence-corrected chi connectivity index (χ2v) is 1.69. The smallest absolute Gasteiger partial charge is 0.321 e. The van der Waals surface area contributed by atoms with Crippen LogP contribution in [0.2, 0.25) is 0 Å². The largest absolute Gasteiger partial charge is 0.481 e. The Bertz CT molecular complexity index is 161. The van der Waals surface area contributed by atoms with Crippen LogP contribution in [-0.2, 0) is 9.59 Å². The van der Waals surface area contributed by atoms with Crippen LogP contribution in [0.3, 0.4) is 0 Å². The summed E-state index contributed by atoms with van der Waals surface area (Å²) in [5.74, 6) is -2.45. The van der Waals surface area contributed by atoms with Crippen molar-refractivity contribution in [3.05, 3.63) is 0 Å². The topological polar surface area (TPSA) is 86.6 Å². The summed E-state index contributed by atoms with van der Waals surface area (Å²) in [5, 5.41) is 18.7. The lowest BCUT2D eigenvalue weighted by Crippen LogP contribution is -2.35. The number of hydrogen-bond acceptors (Lipinski definition) is 3. The van der Waals surface area contributed by atoms with E-state index in [2.05, 4.69) is 5.32 Å². The highest BCUT2D eigenvalue weighted by Gasteiger charge is 2.17. The minimum atomic E-state index is -1.25. The van der Waals surface area contributed by atoms with Gasteiger partial charge < -0.3 is 15.5 Å². The zero-order chi connectivity index (χ0) is 8.85. The van der Waals surface area contributed by atoms with Gasteiger partial charge in [0.15, 0.2) is 0 Å². The molecule has 0 aromatic rings. The van der Waals surface area contributed by atoms with Crippen LogP contribution in [0.4, 0.5) is 0 Å². The van der Waals surface area contributed by atoms with E-state index >= 15 is 0 Å². The van der Waals surface area contributed by atoms with Gasteiger partial charge in [-0.15, -0.1) is 0 Å². The highest BCUT2D eigenvalue weighted by atomic mass is 16.4. The first-order valence-electron chi connectivity index (χ1n) is 3.26.